The standard InChI is InChI=1S/C24H15ClF6O2/c25-18-9-13-19(14-10-18)32-21-5-1-3-16(15-21)4-2-6-22(23(26,27)28)17-7-11-20(12-8-17)33-24(29,30)31/h1-15H. The molecule has 0 fully saturated rings. The van der Waals surface area contributed by atoms with E-state index < -0.39 is 23.9 Å². The van der Waals surface area contributed by atoms with Crippen molar-refractivity contribution in [3.63, 3.8) is 0 Å². The van der Waals surface area contributed by atoms with Crippen molar-refractivity contribution in [2.45, 2.75) is 12.5 Å². The Morgan fingerprint density at radius 2 is 1.39 bits per heavy atom. The Kier molecular flexibility index (Phi) is 7.38. The molecule has 9 heteroatoms. The molecule has 0 radical (unpaired) electrons. The molecule has 3 aromatic carbocycles. The number of ether oxygens (including phenoxy) is 2. The van der Waals surface area contributed by atoms with Gasteiger partial charge in [0.25, 0.3) is 0 Å². The minimum Gasteiger partial charge on any atom is -0.457 e. The van der Waals surface area contributed by atoms with Gasteiger partial charge in [0.05, 0.1) is 5.57 Å². The second kappa shape index (κ2) is 10.0. The first-order valence-electron chi connectivity index (χ1n) is 9.35. The third kappa shape index (κ3) is 7.61. The highest BCUT2D eigenvalue weighted by molar-refractivity contribution is 6.30. The molecule has 0 heterocycles. The number of alkyl halides is 6. The summed E-state index contributed by atoms with van der Waals surface area (Å²) >= 11 is 5.83. The molecule has 3 rings (SSSR count). The first kappa shape index (κ1) is 24.3. The predicted octanol–water partition coefficient (Wildman–Crippen LogP) is 8.69. The Bertz CT molecular complexity index is 1130. The van der Waals surface area contributed by atoms with Gasteiger partial charge in [-0.15, -0.1) is 13.2 Å². The van der Waals surface area contributed by atoms with Crippen LogP contribution in [0.2, 0.25) is 5.02 Å². The maximum absolute atomic E-state index is 13.5. The maximum atomic E-state index is 13.5. The van der Waals surface area contributed by atoms with E-state index in [0.717, 1.165) is 30.3 Å². The van der Waals surface area contributed by atoms with Crippen LogP contribution < -0.4 is 9.47 Å². The number of rotatable bonds is 6. The van der Waals surface area contributed by atoms with Crippen LogP contribution in [-0.4, -0.2) is 12.5 Å². The first-order valence-corrected chi connectivity index (χ1v) is 9.73. The van der Waals surface area contributed by atoms with Crippen LogP contribution >= 0.6 is 11.6 Å². The molecule has 2 nitrogen and oxygen atoms in total. The summed E-state index contributed by atoms with van der Waals surface area (Å²) in [5, 5.41) is 0.550. The predicted molar refractivity (Wildman–Crippen MR) is 114 cm³/mol. The minimum atomic E-state index is -4.93. The molecule has 0 aliphatic carbocycles. The number of hydrogen-bond acceptors (Lipinski definition) is 2. The molecule has 0 spiro atoms. The summed E-state index contributed by atoms with van der Waals surface area (Å²) in [5.41, 5.74) is -0.750. The van der Waals surface area contributed by atoms with Crippen molar-refractivity contribution in [2.75, 3.05) is 0 Å². The third-order valence-corrected chi connectivity index (χ3v) is 4.42. The van der Waals surface area contributed by atoms with Gasteiger partial charge in [0, 0.05) is 5.02 Å². The normalized spacial score (nSPS) is 12.8. The van der Waals surface area contributed by atoms with Crippen LogP contribution in [0.4, 0.5) is 26.3 Å². The molecular weight excluding hydrogens is 470 g/mol. The zero-order chi connectivity index (χ0) is 24.1. The Hall–Kier alpha value is -3.39. The number of halogens is 7. The quantitative estimate of drug-likeness (QED) is 0.257. The Morgan fingerprint density at radius 3 is 2.00 bits per heavy atom. The van der Waals surface area contributed by atoms with E-state index in [1.165, 1.54) is 12.2 Å². The van der Waals surface area contributed by atoms with Crippen LogP contribution in [0.5, 0.6) is 17.2 Å². The summed E-state index contributed by atoms with van der Waals surface area (Å²) in [6, 6.07) is 16.8. The van der Waals surface area contributed by atoms with E-state index in [9.17, 15) is 26.3 Å². The molecule has 0 saturated heterocycles. The Balaban J connectivity index is 1.78. The monoisotopic (exact) mass is 484 g/mol. The smallest absolute Gasteiger partial charge is 0.457 e. The van der Waals surface area contributed by atoms with Crippen molar-refractivity contribution in [3.05, 3.63) is 101 Å². The van der Waals surface area contributed by atoms with Gasteiger partial charge in [0.15, 0.2) is 0 Å². The van der Waals surface area contributed by atoms with Crippen molar-refractivity contribution in [2.24, 2.45) is 0 Å². The lowest BCUT2D eigenvalue weighted by Crippen LogP contribution is -2.17. The van der Waals surface area contributed by atoms with Crippen LogP contribution in [-0.2, 0) is 0 Å². The van der Waals surface area contributed by atoms with Gasteiger partial charge in [0.1, 0.15) is 17.2 Å². The maximum Gasteiger partial charge on any atom is 0.573 e. The summed E-state index contributed by atoms with van der Waals surface area (Å²) in [6.07, 6.45) is -6.17. The van der Waals surface area contributed by atoms with Gasteiger partial charge in [-0.05, 0) is 65.7 Å². The summed E-state index contributed by atoms with van der Waals surface area (Å²) < 4.78 is 86.6. The third-order valence-electron chi connectivity index (χ3n) is 4.16. The molecule has 0 unspecified atom stereocenters. The lowest BCUT2D eigenvalue weighted by atomic mass is 10.0. The van der Waals surface area contributed by atoms with E-state index in [1.54, 1.807) is 48.5 Å². The molecule has 0 atom stereocenters. The minimum absolute atomic E-state index is 0.304. The molecule has 0 aromatic heterocycles. The van der Waals surface area contributed by atoms with Gasteiger partial charge in [-0.3, -0.25) is 0 Å². The van der Waals surface area contributed by atoms with Crippen molar-refractivity contribution >= 4 is 23.3 Å². The fourth-order valence-electron chi connectivity index (χ4n) is 2.77. The highest BCUT2D eigenvalue weighted by Crippen LogP contribution is 2.35. The molecule has 0 amide bonds. The van der Waals surface area contributed by atoms with Crippen molar-refractivity contribution in [1.82, 2.24) is 0 Å². The molecule has 0 aliphatic rings. The van der Waals surface area contributed by atoms with Gasteiger partial charge in [-0.25, -0.2) is 0 Å². The fourth-order valence-corrected chi connectivity index (χ4v) is 2.89. The van der Waals surface area contributed by atoms with E-state index in [4.69, 9.17) is 16.3 Å². The molecule has 0 saturated carbocycles. The van der Waals surface area contributed by atoms with E-state index in [-0.39, 0.29) is 5.56 Å². The van der Waals surface area contributed by atoms with Gasteiger partial charge in [0.2, 0.25) is 0 Å². The average molecular weight is 485 g/mol. The fraction of sp³-hybridized carbons (Fsp3) is 0.0833. The largest absolute Gasteiger partial charge is 0.573 e. The molecular formula is C24H15ClF6O2. The topological polar surface area (TPSA) is 18.5 Å². The Labute approximate surface area is 190 Å². The van der Waals surface area contributed by atoms with E-state index in [0.29, 0.717) is 22.1 Å². The molecule has 172 valence electrons. The zero-order valence-electron chi connectivity index (χ0n) is 16.6. The van der Waals surface area contributed by atoms with Gasteiger partial charge < -0.3 is 9.47 Å². The second-order valence-electron chi connectivity index (χ2n) is 6.64. The second-order valence-corrected chi connectivity index (χ2v) is 7.07. The molecule has 0 aliphatic heterocycles. The van der Waals surface area contributed by atoms with Crippen LogP contribution in [0.3, 0.4) is 0 Å². The summed E-state index contributed by atoms with van der Waals surface area (Å²) in [7, 11) is 0. The van der Waals surface area contributed by atoms with Gasteiger partial charge in [-0.2, -0.15) is 13.2 Å². The van der Waals surface area contributed by atoms with Crippen molar-refractivity contribution in [3.8, 4) is 17.2 Å². The number of allylic oxidation sites excluding steroid dienone is 3. The van der Waals surface area contributed by atoms with Crippen molar-refractivity contribution < 1.29 is 35.8 Å². The highest BCUT2D eigenvalue weighted by Gasteiger charge is 2.35. The van der Waals surface area contributed by atoms with Crippen LogP contribution in [0.25, 0.3) is 11.6 Å². The molecule has 33 heavy (non-hydrogen) atoms. The average Bonchev–Trinajstić information content (AvgIpc) is 2.72. The summed E-state index contributed by atoms with van der Waals surface area (Å²) in [4.78, 5) is 0. The van der Waals surface area contributed by atoms with E-state index >= 15 is 0 Å². The van der Waals surface area contributed by atoms with E-state index in [1.807, 2.05) is 0 Å². The summed E-state index contributed by atoms with van der Waals surface area (Å²) in [5.74, 6) is 0.401. The SMILES string of the molecule is FC(F)(F)Oc1ccc(C(=CC=Cc2cccc(Oc3ccc(Cl)cc3)c2)C(F)(F)F)cc1. The lowest BCUT2D eigenvalue weighted by Gasteiger charge is -2.13. The van der Waals surface area contributed by atoms with Crippen LogP contribution in [0, 0.1) is 0 Å². The number of hydrogen-bond donors (Lipinski definition) is 0. The summed E-state index contributed by atoms with van der Waals surface area (Å²) in [6.45, 7) is 0. The van der Waals surface area contributed by atoms with E-state index in [2.05, 4.69) is 4.74 Å². The highest BCUT2D eigenvalue weighted by atomic mass is 35.5. The van der Waals surface area contributed by atoms with Gasteiger partial charge >= 0.3 is 12.5 Å². The van der Waals surface area contributed by atoms with Gasteiger partial charge in [-0.1, -0.05) is 48.0 Å². The lowest BCUT2D eigenvalue weighted by molar-refractivity contribution is -0.274. The zero-order valence-corrected chi connectivity index (χ0v) is 17.4. The van der Waals surface area contributed by atoms with Crippen LogP contribution in [0.1, 0.15) is 11.1 Å². The molecule has 0 bridgehead atoms. The molecule has 3 aromatic rings. The molecule has 0 N–H and O–H groups in total. The number of benzene rings is 3. The Morgan fingerprint density at radius 1 is 0.758 bits per heavy atom. The first-order chi connectivity index (χ1) is 15.5. The van der Waals surface area contributed by atoms with Crippen LogP contribution in [0.15, 0.2) is 84.9 Å². The van der Waals surface area contributed by atoms with Crippen molar-refractivity contribution in [1.29, 1.82) is 0 Å².